The molecule has 0 bridgehead atoms. The van der Waals surface area contributed by atoms with Crippen LogP contribution in [0.5, 0.6) is 0 Å². The molecule has 1 aromatic carbocycles. The third-order valence-electron chi connectivity index (χ3n) is 6.43. The third-order valence-corrected chi connectivity index (χ3v) is 6.43. The fourth-order valence-electron chi connectivity index (χ4n) is 4.72. The Hall–Kier alpha value is -3.80. The quantitative estimate of drug-likeness (QED) is 0.437. The van der Waals surface area contributed by atoms with Crippen molar-refractivity contribution in [2.75, 3.05) is 13.1 Å². The molecule has 4 aromatic rings. The van der Waals surface area contributed by atoms with E-state index < -0.39 is 0 Å². The Morgan fingerprint density at radius 1 is 1.12 bits per heavy atom. The highest BCUT2D eigenvalue weighted by molar-refractivity contribution is 5.95. The van der Waals surface area contributed by atoms with Gasteiger partial charge in [0.05, 0.1) is 11.9 Å². The summed E-state index contributed by atoms with van der Waals surface area (Å²) < 4.78 is 1.74. The maximum Gasteiger partial charge on any atom is 0.254 e. The van der Waals surface area contributed by atoms with Gasteiger partial charge in [-0.15, -0.1) is 0 Å². The fraction of sp³-hybridized carbons (Fsp3) is 0.286. The van der Waals surface area contributed by atoms with Gasteiger partial charge in [-0.3, -0.25) is 19.4 Å². The summed E-state index contributed by atoms with van der Waals surface area (Å²) in [5.41, 5.74) is 7.01. The molecule has 1 aliphatic rings. The molecule has 1 saturated heterocycles. The monoisotopic (exact) mass is 451 g/mol. The third kappa shape index (κ3) is 4.91. The van der Waals surface area contributed by atoms with E-state index in [4.69, 9.17) is 4.98 Å². The van der Waals surface area contributed by atoms with Gasteiger partial charge in [-0.25, -0.2) is 0 Å². The van der Waals surface area contributed by atoms with E-state index in [1.165, 1.54) is 11.1 Å². The van der Waals surface area contributed by atoms with Gasteiger partial charge >= 0.3 is 0 Å². The molecule has 1 amide bonds. The van der Waals surface area contributed by atoms with Gasteiger partial charge in [-0.2, -0.15) is 5.10 Å². The largest absolute Gasteiger partial charge is 0.338 e. The Kier molecular flexibility index (Phi) is 6.21. The van der Waals surface area contributed by atoms with Crippen LogP contribution in [0.1, 0.15) is 51.6 Å². The Balaban J connectivity index is 1.31. The van der Waals surface area contributed by atoms with Gasteiger partial charge in [-0.1, -0.05) is 35.9 Å². The molecule has 34 heavy (non-hydrogen) atoms. The molecule has 5 rings (SSSR count). The maximum absolute atomic E-state index is 13.4. The Bertz CT molecular complexity index is 1310. The number of hydrogen-bond acceptors (Lipinski definition) is 4. The van der Waals surface area contributed by atoms with Crippen LogP contribution in [0.25, 0.3) is 11.3 Å². The van der Waals surface area contributed by atoms with E-state index >= 15 is 0 Å². The van der Waals surface area contributed by atoms with Crippen molar-refractivity contribution in [3.05, 3.63) is 101 Å². The van der Waals surface area contributed by atoms with Crippen LogP contribution in [0.2, 0.25) is 0 Å². The van der Waals surface area contributed by atoms with Crippen molar-refractivity contribution >= 4 is 5.91 Å². The normalized spacial score (nSPS) is 15.9. The topological polar surface area (TPSA) is 63.9 Å². The average molecular weight is 452 g/mol. The van der Waals surface area contributed by atoms with E-state index in [2.05, 4.69) is 59.5 Å². The number of pyridine rings is 2. The van der Waals surface area contributed by atoms with Crippen molar-refractivity contribution in [2.24, 2.45) is 7.05 Å². The summed E-state index contributed by atoms with van der Waals surface area (Å²) in [5.74, 6) is 0.294. The highest BCUT2D eigenvalue weighted by atomic mass is 16.2. The minimum Gasteiger partial charge on any atom is -0.338 e. The maximum atomic E-state index is 13.4. The van der Waals surface area contributed by atoms with Gasteiger partial charge in [0.15, 0.2) is 0 Å². The first-order chi connectivity index (χ1) is 16.5. The molecule has 0 N–H and O–H groups in total. The molecule has 0 unspecified atom stereocenters. The Labute approximate surface area is 200 Å². The lowest BCUT2D eigenvalue weighted by molar-refractivity contribution is 0.0706. The van der Waals surface area contributed by atoms with E-state index in [1.807, 2.05) is 24.2 Å². The molecule has 0 saturated carbocycles. The minimum absolute atomic E-state index is 0.0492. The Morgan fingerprint density at radius 2 is 2.00 bits per heavy atom. The molecule has 0 aliphatic carbocycles. The number of carbonyl (C=O) groups is 1. The minimum atomic E-state index is 0.0492. The number of carbonyl (C=O) groups excluding carboxylic acids is 1. The number of aromatic nitrogens is 4. The number of amides is 1. The molecule has 172 valence electrons. The Morgan fingerprint density at radius 3 is 2.82 bits per heavy atom. The fourth-order valence-corrected chi connectivity index (χ4v) is 4.72. The molecule has 6 heteroatoms. The summed E-state index contributed by atoms with van der Waals surface area (Å²) in [7, 11) is 1.87. The summed E-state index contributed by atoms with van der Waals surface area (Å²) >= 11 is 0. The lowest BCUT2D eigenvalue weighted by atomic mass is 9.93. The average Bonchev–Trinajstić information content (AvgIpc) is 3.30. The number of hydrogen-bond donors (Lipinski definition) is 0. The van der Waals surface area contributed by atoms with Crippen LogP contribution < -0.4 is 0 Å². The van der Waals surface area contributed by atoms with Crippen LogP contribution >= 0.6 is 0 Å². The van der Waals surface area contributed by atoms with Crippen molar-refractivity contribution in [2.45, 2.75) is 32.1 Å². The number of rotatable bonds is 5. The number of likely N-dealkylation sites (tertiary alicyclic amines) is 1. The predicted molar refractivity (Wildman–Crippen MR) is 133 cm³/mol. The van der Waals surface area contributed by atoms with E-state index in [1.54, 1.807) is 23.1 Å². The van der Waals surface area contributed by atoms with Gasteiger partial charge in [0, 0.05) is 67.4 Å². The molecular weight excluding hydrogens is 422 g/mol. The van der Waals surface area contributed by atoms with E-state index in [0.717, 1.165) is 48.5 Å². The van der Waals surface area contributed by atoms with E-state index in [9.17, 15) is 4.79 Å². The highest BCUT2D eigenvalue weighted by Gasteiger charge is 2.26. The van der Waals surface area contributed by atoms with Crippen molar-refractivity contribution < 1.29 is 4.79 Å². The lowest BCUT2D eigenvalue weighted by Gasteiger charge is -2.32. The molecule has 3 aromatic heterocycles. The van der Waals surface area contributed by atoms with Gasteiger partial charge < -0.3 is 4.90 Å². The molecule has 4 heterocycles. The molecule has 0 spiro atoms. The van der Waals surface area contributed by atoms with Crippen molar-refractivity contribution in [1.82, 2.24) is 24.6 Å². The van der Waals surface area contributed by atoms with Crippen LogP contribution in [0.4, 0.5) is 0 Å². The molecular formula is C28H29N5O. The zero-order valence-corrected chi connectivity index (χ0v) is 19.7. The zero-order valence-electron chi connectivity index (χ0n) is 19.7. The zero-order chi connectivity index (χ0) is 23.5. The van der Waals surface area contributed by atoms with Gasteiger partial charge in [0.25, 0.3) is 5.91 Å². The van der Waals surface area contributed by atoms with Gasteiger partial charge in [0.2, 0.25) is 0 Å². The molecule has 1 fully saturated rings. The van der Waals surface area contributed by atoms with E-state index in [0.29, 0.717) is 12.1 Å². The first kappa shape index (κ1) is 22.0. The number of nitrogens with zero attached hydrogens (tertiary/aromatic N) is 5. The summed E-state index contributed by atoms with van der Waals surface area (Å²) in [4.78, 5) is 24.7. The molecule has 1 aliphatic heterocycles. The SMILES string of the molecule is Cc1cccc(Cc2cccc([C@@H]3CCCN(C(=O)c4ccnc(-c5cnn(C)c5)c4)C3)n2)c1. The summed E-state index contributed by atoms with van der Waals surface area (Å²) in [6, 6.07) is 18.5. The smallest absolute Gasteiger partial charge is 0.254 e. The van der Waals surface area contributed by atoms with Crippen LogP contribution in [0.15, 0.2) is 73.2 Å². The second-order valence-electron chi connectivity index (χ2n) is 9.14. The summed E-state index contributed by atoms with van der Waals surface area (Å²) in [6.07, 6.45) is 8.21. The standard InChI is InChI=1S/C28H29N5O/c1-20-6-3-7-21(14-20)15-25-9-4-10-26(31-25)23-8-5-13-33(19-23)28(34)22-11-12-29-27(16-22)24-17-30-32(2)18-24/h3-4,6-7,9-12,14,16-18,23H,5,8,13,15,19H2,1-2H3/t23-/m1/s1. The first-order valence-corrected chi connectivity index (χ1v) is 11.8. The second-order valence-corrected chi connectivity index (χ2v) is 9.14. The van der Waals surface area contributed by atoms with Crippen LogP contribution in [0.3, 0.4) is 0 Å². The number of benzene rings is 1. The number of aryl methyl sites for hydroxylation is 2. The van der Waals surface area contributed by atoms with Gasteiger partial charge in [0.1, 0.15) is 0 Å². The van der Waals surface area contributed by atoms with Crippen molar-refractivity contribution in [3.8, 4) is 11.3 Å². The van der Waals surface area contributed by atoms with Crippen molar-refractivity contribution in [1.29, 1.82) is 0 Å². The lowest BCUT2D eigenvalue weighted by Crippen LogP contribution is -2.39. The van der Waals surface area contributed by atoms with Crippen LogP contribution in [-0.4, -0.2) is 43.6 Å². The highest BCUT2D eigenvalue weighted by Crippen LogP contribution is 2.28. The van der Waals surface area contributed by atoms with Crippen LogP contribution in [0, 0.1) is 6.92 Å². The first-order valence-electron chi connectivity index (χ1n) is 11.8. The summed E-state index contributed by atoms with van der Waals surface area (Å²) in [5, 5.41) is 4.21. The van der Waals surface area contributed by atoms with Crippen LogP contribution in [-0.2, 0) is 13.5 Å². The van der Waals surface area contributed by atoms with E-state index in [-0.39, 0.29) is 11.8 Å². The summed E-state index contributed by atoms with van der Waals surface area (Å²) in [6.45, 7) is 3.57. The number of piperidine rings is 1. The van der Waals surface area contributed by atoms with Crippen molar-refractivity contribution in [3.63, 3.8) is 0 Å². The predicted octanol–water partition coefficient (Wildman–Crippen LogP) is 4.80. The van der Waals surface area contributed by atoms with Gasteiger partial charge in [-0.05, 0) is 49.6 Å². The molecule has 6 nitrogen and oxygen atoms in total. The molecule has 0 radical (unpaired) electrons. The second kappa shape index (κ2) is 9.59. The molecule has 1 atom stereocenters.